The van der Waals surface area contributed by atoms with Gasteiger partial charge < -0.3 is 22.6 Å². The van der Waals surface area contributed by atoms with Gasteiger partial charge in [-0.25, -0.2) is 0 Å². The van der Waals surface area contributed by atoms with Crippen molar-refractivity contribution < 1.29 is 22.8 Å². The van der Waals surface area contributed by atoms with Crippen LogP contribution in [0.5, 0.6) is 0 Å². The van der Waals surface area contributed by atoms with Crippen molar-refractivity contribution in [3.63, 3.8) is 0 Å². The quantitative estimate of drug-likeness (QED) is 0.313. The minimum Gasteiger partial charge on any atom is -0.466 e. The lowest BCUT2D eigenvalue weighted by Crippen LogP contribution is -2.49. The number of ether oxygens (including phenoxy) is 1. The largest absolute Gasteiger partial charge is 0.500 e. The molecular weight excluding hydrogens is 354 g/mol. The minimum atomic E-state index is -2.58. The van der Waals surface area contributed by atoms with E-state index in [1.54, 1.807) is 0 Å². The maximum Gasteiger partial charge on any atom is 0.500 e. The number of rotatable bonds is 15. The first kappa shape index (κ1) is 24.7. The third-order valence-electron chi connectivity index (χ3n) is 3.84. The van der Waals surface area contributed by atoms with Crippen LogP contribution in [-0.2, 0) is 22.8 Å². The van der Waals surface area contributed by atoms with Gasteiger partial charge in [-0.3, -0.25) is 4.79 Å². The number of esters is 1. The van der Waals surface area contributed by atoms with Crippen molar-refractivity contribution in [2.45, 2.75) is 66.2 Å². The lowest BCUT2D eigenvalue weighted by molar-refractivity contribution is -0.143. The van der Waals surface area contributed by atoms with E-state index in [4.69, 9.17) is 18.0 Å². The Morgan fingerprint density at radius 2 is 1.36 bits per heavy atom. The standard InChI is InChI=1S/C17H39NO5Si2/c1-8-20-17(19)13-15-18(24(5,6)7)14-12-16-25(21-9-2,22-10-3)23-11-4/h8-16H2,1-7H3. The van der Waals surface area contributed by atoms with Gasteiger partial charge in [0.1, 0.15) is 8.24 Å². The molecule has 0 bridgehead atoms. The molecule has 25 heavy (non-hydrogen) atoms. The van der Waals surface area contributed by atoms with Crippen LogP contribution in [0.1, 0.15) is 40.5 Å². The van der Waals surface area contributed by atoms with Crippen LogP contribution in [0.2, 0.25) is 25.7 Å². The van der Waals surface area contributed by atoms with Gasteiger partial charge in [-0.05, 0) is 40.7 Å². The minimum absolute atomic E-state index is 0.118. The van der Waals surface area contributed by atoms with Crippen molar-refractivity contribution >= 4 is 23.0 Å². The molecule has 0 radical (unpaired) electrons. The summed E-state index contributed by atoms with van der Waals surface area (Å²) in [6.07, 6.45) is 1.39. The second-order valence-electron chi connectivity index (χ2n) is 6.80. The van der Waals surface area contributed by atoms with Gasteiger partial charge in [-0.1, -0.05) is 19.6 Å². The predicted octanol–water partition coefficient (Wildman–Crippen LogP) is 3.52. The maximum atomic E-state index is 11.7. The second-order valence-corrected chi connectivity index (χ2v) is 14.5. The summed E-state index contributed by atoms with van der Waals surface area (Å²) in [5.74, 6) is -0.118. The molecule has 0 saturated heterocycles. The zero-order valence-corrected chi connectivity index (χ0v) is 19.4. The summed E-state index contributed by atoms with van der Waals surface area (Å²) in [5, 5.41) is 0. The van der Waals surface area contributed by atoms with Gasteiger partial charge in [-0.15, -0.1) is 0 Å². The Bertz CT molecular complexity index is 346. The highest BCUT2D eigenvalue weighted by Gasteiger charge is 2.40. The first-order chi connectivity index (χ1) is 11.7. The van der Waals surface area contributed by atoms with E-state index in [0.29, 0.717) is 32.8 Å². The molecule has 6 nitrogen and oxygen atoms in total. The summed E-state index contributed by atoms with van der Waals surface area (Å²) >= 11 is 0. The Balaban J connectivity index is 4.71. The predicted molar refractivity (Wildman–Crippen MR) is 106 cm³/mol. The summed E-state index contributed by atoms with van der Waals surface area (Å²) in [5.41, 5.74) is 0. The SMILES string of the molecule is CCOC(=O)CCN(CCC[Si](OCC)(OCC)OCC)[Si](C)(C)C. The molecule has 0 aliphatic heterocycles. The molecule has 0 heterocycles. The first-order valence-electron chi connectivity index (χ1n) is 9.57. The molecule has 150 valence electrons. The number of hydrogen-bond acceptors (Lipinski definition) is 6. The van der Waals surface area contributed by atoms with E-state index >= 15 is 0 Å². The van der Waals surface area contributed by atoms with Crippen molar-refractivity contribution in [1.29, 1.82) is 0 Å². The van der Waals surface area contributed by atoms with Gasteiger partial charge >= 0.3 is 14.8 Å². The van der Waals surface area contributed by atoms with Gasteiger partial charge in [-0.2, -0.15) is 0 Å². The molecule has 0 N–H and O–H groups in total. The van der Waals surface area contributed by atoms with Crippen molar-refractivity contribution in [3.05, 3.63) is 0 Å². The molecule has 0 aromatic rings. The van der Waals surface area contributed by atoms with Crippen LogP contribution in [0.25, 0.3) is 0 Å². The van der Waals surface area contributed by atoms with Crippen LogP contribution in [0.4, 0.5) is 0 Å². The molecule has 0 fully saturated rings. The highest BCUT2D eigenvalue weighted by molar-refractivity contribution is 6.73. The van der Waals surface area contributed by atoms with Crippen molar-refractivity contribution in [2.75, 3.05) is 39.5 Å². The van der Waals surface area contributed by atoms with Gasteiger partial charge in [0.2, 0.25) is 0 Å². The Morgan fingerprint density at radius 3 is 1.76 bits per heavy atom. The van der Waals surface area contributed by atoms with E-state index in [9.17, 15) is 4.79 Å². The van der Waals surface area contributed by atoms with Crippen LogP contribution >= 0.6 is 0 Å². The van der Waals surface area contributed by atoms with E-state index < -0.39 is 17.0 Å². The van der Waals surface area contributed by atoms with Crippen molar-refractivity contribution in [3.8, 4) is 0 Å². The lowest BCUT2D eigenvalue weighted by atomic mass is 10.4. The topological polar surface area (TPSA) is 57.2 Å². The van der Waals surface area contributed by atoms with E-state index in [2.05, 4.69) is 24.2 Å². The Kier molecular flexibility index (Phi) is 12.9. The molecule has 0 spiro atoms. The smallest absolute Gasteiger partial charge is 0.466 e. The molecule has 0 rings (SSSR count). The fraction of sp³-hybridized carbons (Fsp3) is 0.941. The van der Waals surface area contributed by atoms with E-state index in [-0.39, 0.29) is 5.97 Å². The summed E-state index contributed by atoms with van der Waals surface area (Å²) in [6, 6.07) is 0.808. The Labute approximate surface area is 156 Å². The molecule has 0 aromatic carbocycles. The zero-order valence-electron chi connectivity index (χ0n) is 17.4. The van der Waals surface area contributed by atoms with Crippen molar-refractivity contribution in [2.24, 2.45) is 0 Å². The monoisotopic (exact) mass is 393 g/mol. The molecule has 0 unspecified atom stereocenters. The average molecular weight is 394 g/mol. The first-order valence-corrected chi connectivity index (χ1v) is 14.9. The molecule has 0 atom stereocenters. The fourth-order valence-electron chi connectivity index (χ4n) is 2.73. The Hall–Kier alpha value is -0.256. The van der Waals surface area contributed by atoms with Gasteiger partial charge in [0.05, 0.1) is 13.0 Å². The molecule has 8 heteroatoms. The van der Waals surface area contributed by atoms with Gasteiger partial charge in [0.15, 0.2) is 0 Å². The number of nitrogens with zero attached hydrogens (tertiary/aromatic N) is 1. The number of carbonyl (C=O) groups is 1. The molecule has 0 saturated carbocycles. The van der Waals surface area contributed by atoms with Crippen LogP contribution in [0.3, 0.4) is 0 Å². The number of hydrogen-bond donors (Lipinski definition) is 0. The Morgan fingerprint density at radius 1 is 0.840 bits per heavy atom. The highest BCUT2D eigenvalue weighted by Crippen LogP contribution is 2.20. The zero-order chi connectivity index (χ0) is 19.3. The molecular formula is C17H39NO5Si2. The summed E-state index contributed by atoms with van der Waals surface area (Å²) in [7, 11) is -4.09. The third-order valence-corrected chi connectivity index (χ3v) is 9.34. The summed E-state index contributed by atoms with van der Waals surface area (Å²) < 4.78 is 25.3. The van der Waals surface area contributed by atoms with Gasteiger partial charge in [0, 0.05) is 32.4 Å². The summed E-state index contributed by atoms with van der Waals surface area (Å²) in [6.45, 7) is 18.6. The third kappa shape index (κ3) is 10.5. The van der Waals surface area contributed by atoms with Gasteiger partial charge in [0.25, 0.3) is 0 Å². The maximum absolute atomic E-state index is 11.7. The average Bonchev–Trinajstić information content (AvgIpc) is 2.50. The molecule has 0 aliphatic carbocycles. The second kappa shape index (κ2) is 13.0. The highest BCUT2D eigenvalue weighted by atomic mass is 28.4. The summed E-state index contributed by atoms with van der Waals surface area (Å²) in [4.78, 5) is 11.7. The lowest BCUT2D eigenvalue weighted by Gasteiger charge is -2.35. The van der Waals surface area contributed by atoms with E-state index in [0.717, 1.165) is 25.6 Å². The van der Waals surface area contributed by atoms with Crippen LogP contribution in [-0.4, -0.2) is 67.1 Å². The van der Waals surface area contributed by atoms with Crippen LogP contribution in [0.15, 0.2) is 0 Å². The normalized spacial score (nSPS) is 12.6. The fourth-order valence-corrected chi connectivity index (χ4v) is 6.93. The molecule has 0 aromatic heterocycles. The van der Waals surface area contributed by atoms with Crippen LogP contribution < -0.4 is 0 Å². The van der Waals surface area contributed by atoms with Crippen LogP contribution in [0, 0.1) is 0 Å². The molecule has 0 aliphatic rings. The molecule has 0 amide bonds. The number of carbonyl (C=O) groups excluding carboxylic acids is 1. The van der Waals surface area contributed by atoms with E-state index in [1.165, 1.54) is 0 Å². The van der Waals surface area contributed by atoms with E-state index in [1.807, 2.05) is 27.7 Å². The van der Waals surface area contributed by atoms with Crippen molar-refractivity contribution in [1.82, 2.24) is 4.57 Å².